The number of nitrogens with zero attached hydrogens (tertiary/aromatic N) is 2. The van der Waals surface area contributed by atoms with E-state index < -0.39 is 0 Å². The largest absolute Gasteiger partial charge is 0.370 e. The van der Waals surface area contributed by atoms with Gasteiger partial charge in [-0.15, -0.1) is 0 Å². The third kappa shape index (κ3) is 2.67. The molecule has 0 aliphatic carbocycles. The van der Waals surface area contributed by atoms with Gasteiger partial charge in [0, 0.05) is 17.8 Å². The Labute approximate surface area is 85.0 Å². The van der Waals surface area contributed by atoms with Crippen molar-refractivity contribution in [1.29, 1.82) is 0 Å². The van der Waals surface area contributed by atoms with Crippen molar-refractivity contribution in [2.75, 3.05) is 18.4 Å². The first-order chi connectivity index (χ1) is 6.65. The van der Waals surface area contributed by atoms with Gasteiger partial charge < -0.3 is 11.1 Å². The van der Waals surface area contributed by atoms with Gasteiger partial charge in [0.25, 0.3) is 0 Å². The lowest BCUT2D eigenvalue weighted by Crippen LogP contribution is -2.11. The fourth-order valence-corrected chi connectivity index (χ4v) is 1.25. The molecular formula is C10H18N4. The molecule has 4 heteroatoms. The van der Waals surface area contributed by atoms with E-state index in [1.807, 2.05) is 20.8 Å². The Kier molecular flexibility index (Phi) is 3.83. The Bertz CT molecular complexity index is 309. The van der Waals surface area contributed by atoms with Gasteiger partial charge in [0.2, 0.25) is 0 Å². The average Bonchev–Trinajstić information content (AvgIpc) is 2.13. The third-order valence-corrected chi connectivity index (χ3v) is 2.17. The minimum atomic E-state index is 0.703. The van der Waals surface area contributed by atoms with Gasteiger partial charge in [-0.1, -0.05) is 0 Å². The zero-order chi connectivity index (χ0) is 10.6. The Morgan fingerprint density at radius 1 is 1.21 bits per heavy atom. The fourth-order valence-electron chi connectivity index (χ4n) is 1.25. The van der Waals surface area contributed by atoms with Crippen LogP contribution in [-0.2, 0) is 0 Å². The van der Waals surface area contributed by atoms with Crippen LogP contribution < -0.4 is 11.1 Å². The minimum absolute atomic E-state index is 0.703. The summed E-state index contributed by atoms with van der Waals surface area (Å²) in [5.41, 5.74) is 7.57. The van der Waals surface area contributed by atoms with E-state index in [-0.39, 0.29) is 0 Å². The molecule has 1 heterocycles. The van der Waals surface area contributed by atoms with Crippen molar-refractivity contribution in [1.82, 2.24) is 9.97 Å². The van der Waals surface area contributed by atoms with Crippen molar-refractivity contribution in [3.8, 4) is 0 Å². The van der Waals surface area contributed by atoms with Crippen LogP contribution in [0.3, 0.4) is 0 Å². The van der Waals surface area contributed by atoms with Crippen LogP contribution in [0, 0.1) is 20.8 Å². The molecule has 0 spiro atoms. The quantitative estimate of drug-likeness (QED) is 0.706. The van der Waals surface area contributed by atoms with Crippen molar-refractivity contribution >= 4 is 5.82 Å². The Morgan fingerprint density at radius 2 is 1.93 bits per heavy atom. The molecule has 3 N–H and O–H groups in total. The summed E-state index contributed by atoms with van der Waals surface area (Å²) in [7, 11) is 0. The summed E-state index contributed by atoms with van der Waals surface area (Å²) in [4.78, 5) is 8.63. The molecule has 1 aromatic heterocycles. The maximum Gasteiger partial charge on any atom is 0.132 e. The molecule has 0 atom stereocenters. The molecule has 0 saturated heterocycles. The second-order valence-electron chi connectivity index (χ2n) is 3.40. The summed E-state index contributed by atoms with van der Waals surface area (Å²) < 4.78 is 0. The number of hydrogen-bond donors (Lipinski definition) is 2. The molecular weight excluding hydrogens is 176 g/mol. The second-order valence-corrected chi connectivity index (χ2v) is 3.40. The first-order valence-corrected chi connectivity index (χ1v) is 4.91. The third-order valence-electron chi connectivity index (χ3n) is 2.17. The summed E-state index contributed by atoms with van der Waals surface area (Å²) in [6.45, 7) is 7.50. The van der Waals surface area contributed by atoms with Crippen LogP contribution in [0.25, 0.3) is 0 Å². The molecule has 0 aliphatic rings. The lowest BCUT2D eigenvalue weighted by Gasteiger charge is -2.10. The lowest BCUT2D eigenvalue weighted by molar-refractivity contribution is 0.862. The minimum Gasteiger partial charge on any atom is -0.370 e. The summed E-state index contributed by atoms with van der Waals surface area (Å²) >= 11 is 0. The fraction of sp³-hybridized carbons (Fsp3) is 0.600. The van der Waals surface area contributed by atoms with E-state index in [1.54, 1.807) is 0 Å². The predicted octanol–water partition coefficient (Wildman–Crippen LogP) is 1.16. The Morgan fingerprint density at radius 3 is 2.57 bits per heavy atom. The lowest BCUT2D eigenvalue weighted by atomic mass is 10.2. The number of anilines is 1. The molecule has 1 rings (SSSR count). The van der Waals surface area contributed by atoms with Gasteiger partial charge in [-0.05, 0) is 33.7 Å². The molecule has 1 aromatic rings. The summed E-state index contributed by atoms with van der Waals surface area (Å²) in [6, 6.07) is 0. The molecule has 0 unspecified atom stereocenters. The molecule has 0 saturated carbocycles. The van der Waals surface area contributed by atoms with Crippen molar-refractivity contribution in [3.63, 3.8) is 0 Å². The first kappa shape index (κ1) is 10.9. The van der Waals surface area contributed by atoms with Crippen molar-refractivity contribution in [2.45, 2.75) is 27.2 Å². The standard InChI is InChI=1S/C10H18N4/c1-7-8(2)13-9(3)14-10(7)12-6-4-5-11/h4-6,11H2,1-3H3,(H,12,13,14). The second kappa shape index (κ2) is 4.91. The summed E-state index contributed by atoms with van der Waals surface area (Å²) in [5.74, 6) is 1.74. The zero-order valence-corrected chi connectivity index (χ0v) is 9.09. The van der Waals surface area contributed by atoms with Gasteiger partial charge in [0.1, 0.15) is 11.6 Å². The first-order valence-electron chi connectivity index (χ1n) is 4.91. The highest BCUT2D eigenvalue weighted by molar-refractivity contribution is 5.45. The average molecular weight is 194 g/mol. The highest BCUT2D eigenvalue weighted by atomic mass is 15.0. The summed E-state index contributed by atoms with van der Waals surface area (Å²) in [6.07, 6.45) is 0.960. The van der Waals surface area contributed by atoms with Crippen LogP contribution >= 0.6 is 0 Å². The van der Waals surface area contributed by atoms with Crippen LogP contribution in [-0.4, -0.2) is 23.1 Å². The monoisotopic (exact) mass is 194 g/mol. The van der Waals surface area contributed by atoms with E-state index in [2.05, 4.69) is 15.3 Å². The number of nitrogens with two attached hydrogens (primary N) is 1. The molecule has 0 fully saturated rings. The number of hydrogen-bond acceptors (Lipinski definition) is 4. The number of rotatable bonds is 4. The molecule has 78 valence electrons. The van der Waals surface area contributed by atoms with Gasteiger partial charge in [-0.3, -0.25) is 0 Å². The van der Waals surface area contributed by atoms with E-state index in [0.717, 1.165) is 35.9 Å². The van der Waals surface area contributed by atoms with Crippen LogP contribution in [0.15, 0.2) is 0 Å². The van der Waals surface area contributed by atoms with E-state index in [4.69, 9.17) is 5.73 Å². The van der Waals surface area contributed by atoms with Gasteiger partial charge in [0.05, 0.1) is 0 Å². The smallest absolute Gasteiger partial charge is 0.132 e. The Balaban J connectivity index is 2.75. The van der Waals surface area contributed by atoms with Crippen molar-refractivity contribution in [3.05, 3.63) is 17.1 Å². The van der Waals surface area contributed by atoms with Crippen molar-refractivity contribution in [2.24, 2.45) is 5.73 Å². The molecule has 0 radical (unpaired) electrons. The highest BCUT2D eigenvalue weighted by Gasteiger charge is 2.04. The van der Waals surface area contributed by atoms with Crippen LogP contribution in [0.1, 0.15) is 23.5 Å². The zero-order valence-electron chi connectivity index (χ0n) is 9.09. The maximum absolute atomic E-state index is 5.42. The molecule has 0 amide bonds. The normalized spacial score (nSPS) is 10.3. The topological polar surface area (TPSA) is 63.8 Å². The summed E-state index contributed by atoms with van der Waals surface area (Å²) in [5, 5.41) is 3.26. The van der Waals surface area contributed by atoms with Crippen LogP contribution in [0.2, 0.25) is 0 Å². The maximum atomic E-state index is 5.42. The molecule has 4 nitrogen and oxygen atoms in total. The predicted molar refractivity (Wildman–Crippen MR) is 58.4 cm³/mol. The van der Waals surface area contributed by atoms with Gasteiger partial charge in [0.15, 0.2) is 0 Å². The van der Waals surface area contributed by atoms with Crippen LogP contribution in [0.4, 0.5) is 5.82 Å². The Hall–Kier alpha value is -1.16. The molecule has 0 aromatic carbocycles. The molecule has 0 bridgehead atoms. The van der Waals surface area contributed by atoms with E-state index in [9.17, 15) is 0 Å². The molecule has 0 aliphatic heterocycles. The van der Waals surface area contributed by atoms with E-state index >= 15 is 0 Å². The number of aryl methyl sites for hydroxylation is 2. The number of nitrogens with one attached hydrogen (secondary N) is 1. The van der Waals surface area contributed by atoms with E-state index in [0.29, 0.717) is 6.54 Å². The van der Waals surface area contributed by atoms with E-state index in [1.165, 1.54) is 0 Å². The highest BCUT2D eigenvalue weighted by Crippen LogP contribution is 2.13. The molecule has 14 heavy (non-hydrogen) atoms. The SMILES string of the molecule is Cc1nc(C)c(C)c(NCCCN)n1. The van der Waals surface area contributed by atoms with Crippen LogP contribution in [0.5, 0.6) is 0 Å². The number of aromatic nitrogens is 2. The van der Waals surface area contributed by atoms with Gasteiger partial charge >= 0.3 is 0 Å². The van der Waals surface area contributed by atoms with Gasteiger partial charge in [-0.25, -0.2) is 9.97 Å². The van der Waals surface area contributed by atoms with Crippen molar-refractivity contribution < 1.29 is 0 Å². The van der Waals surface area contributed by atoms with Gasteiger partial charge in [-0.2, -0.15) is 0 Å².